The van der Waals surface area contributed by atoms with Gasteiger partial charge in [0.15, 0.2) is 0 Å². The van der Waals surface area contributed by atoms with Gasteiger partial charge in [0.1, 0.15) is 6.07 Å². The van der Waals surface area contributed by atoms with Crippen LogP contribution in [0.4, 0.5) is 0 Å². The van der Waals surface area contributed by atoms with E-state index in [0.29, 0.717) is 17.5 Å². The van der Waals surface area contributed by atoms with Gasteiger partial charge in [0, 0.05) is 30.1 Å². The van der Waals surface area contributed by atoms with Crippen LogP contribution in [0.3, 0.4) is 0 Å². The highest BCUT2D eigenvalue weighted by Crippen LogP contribution is 2.20. The monoisotopic (exact) mass is 480 g/mol. The molecular weight excluding hydrogens is 448 g/mol. The summed E-state index contributed by atoms with van der Waals surface area (Å²) in [6.07, 6.45) is 5.96. The topological polar surface area (TPSA) is 63.6 Å². The Labute approximate surface area is 208 Å². The Kier molecular flexibility index (Phi) is 6.64. The van der Waals surface area contributed by atoms with Gasteiger partial charge in [0.05, 0.1) is 31.7 Å². The minimum Gasteiger partial charge on any atom is -0.307 e. The zero-order valence-electron chi connectivity index (χ0n) is 21.3. The molecule has 0 spiro atoms. The molecule has 0 aliphatic carbocycles. The van der Waals surface area contributed by atoms with Gasteiger partial charge in [0.25, 0.3) is 5.56 Å². The second-order valence-electron chi connectivity index (χ2n) is 10.3. The molecule has 0 bridgehead atoms. The van der Waals surface area contributed by atoms with Crippen molar-refractivity contribution < 1.29 is 0 Å². The number of aryl methyl sites for hydroxylation is 2. The van der Waals surface area contributed by atoms with Gasteiger partial charge in [-0.25, -0.2) is 4.98 Å². The highest BCUT2D eigenvalue weighted by molar-refractivity contribution is 6.88. The normalized spacial score (nSPS) is 12.4. The Morgan fingerprint density at radius 2 is 1.74 bits per heavy atom. The van der Waals surface area contributed by atoms with E-state index in [1.54, 1.807) is 16.8 Å². The predicted octanol–water partition coefficient (Wildman–Crippen LogP) is 5.27. The first-order valence-corrected chi connectivity index (χ1v) is 15.4. The number of imidazole rings is 1. The smallest absolute Gasteiger partial charge is 0.254 e. The molecule has 2 aromatic carbocycles. The number of benzene rings is 2. The van der Waals surface area contributed by atoms with Crippen LogP contribution in [0.15, 0.2) is 72.0 Å². The van der Waals surface area contributed by atoms with E-state index in [2.05, 4.69) is 74.0 Å². The maximum absolute atomic E-state index is 13.5. The largest absolute Gasteiger partial charge is 0.307 e. The number of aromatic nitrogens is 3. The number of rotatable bonds is 6. The third-order valence-corrected chi connectivity index (χ3v) is 8.63. The maximum Gasteiger partial charge on any atom is 0.254 e. The first-order chi connectivity index (χ1) is 16.6. The summed E-state index contributed by atoms with van der Waals surface area (Å²) >= 11 is 0. The fourth-order valence-corrected chi connectivity index (χ4v) is 5.62. The molecule has 0 N–H and O–H groups in total. The van der Waals surface area contributed by atoms with Crippen molar-refractivity contribution in [3.8, 4) is 11.8 Å². The number of hydrogen-bond donors (Lipinski definition) is 0. The van der Waals surface area contributed by atoms with Gasteiger partial charge in [-0.05, 0) is 49.6 Å². The molecule has 0 amide bonds. The van der Waals surface area contributed by atoms with Crippen molar-refractivity contribution >= 4 is 13.3 Å². The predicted molar refractivity (Wildman–Crippen MR) is 144 cm³/mol. The van der Waals surface area contributed by atoms with Crippen LogP contribution in [-0.4, -0.2) is 22.2 Å². The lowest BCUT2D eigenvalue weighted by molar-refractivity contribution is 0.608. The first kappa shape index (κ1) is 24.4. The van der Waals surface area contributed by atoms with Gasteiger partial charge in [-0.15, -0.1) is 0 Å². The summed E-state index contributed by atoms with van der Waals surface area (Å²) in [5, 5.41) is 11.0. The van der Waals surface area contributed by atoms with Crippen LogP contribution in [0.5, 0.6) is 0 Å². The Morgan fingerprint density at radius 1 is 1.03 bits per heavy atom. The van der Waals surface area contributed by atoms with Crippen molar-refractivity contribution in [1.29, 1.82) is 5.26 Å². The third kappa shape index (κ3) is 5.20. The molecule has 1 atom stereocenters. The minimum atomic E-state index is -1.39. The molecular formula is C29H32N4OSi. The molecule has 5 nitrogen and oxygen atoms in total. The highest BCUT2D eigenvalue weighted by atomic mass is 28.3. The molecule has 4 rings (SSSR count). The molecule has 0 saturated heterocycles. The van der Waals surface area contributed by atoms with Crippen LogP contribution in [0.2, 0.25) is 19.6 Å². The van der Waals surface area contributed by atoms with Gasteiger partial charge < -0.3 is 9.13 Å². The molecule has 0 aliphatic rings. The van der Waals surface area contributed by atoms with Gasteiger partial charge in [-0.3, -0.25) is 4.79 Å². The molecule has 35 heavy (non-hydrogen) atoms. The molecule has 6 heteroatoms. The molecule has 2 heterocycles. The Morgan fingerprint density at radius 3 is 2.31 bits per heavy atom. The van der Waals surface area contributed by atoms with Crippen LogP contribution in [0.25, 0.3) is 5.69 Å². The SMILES string of the molecule is Cc1cn(-c2ccc(Cc3cc(C#N)cn([C@@H](C)c4ccc([Si](C)(C)C)cc4)c3=O)cc2C)cn1. The minimum absolute atomic E-state index is 0.0577. The molecule has 0 saturated carbocycles. The number of hydrogen-bond acceptors (Lipinski definition) is 3. The van der Waals surface area contributed by atoms with Crippen molar-refractivity contribution in [2.45, 2.75) is 52.9 Å². The van der Waals surface area contributed by atoms with E-state index in [-0.39, 0.29) is 11.6 Å². The lowest BCUT2D eigenvalue weighted by atomic mass is 10.0. The van der Waals surface area contributed by atoms with E-state index in [9.17, 15) is 10.1 Å². The van der Waals surface area contributed by atoms with Gasteiger partial charge in [0.2, 0.25) is 0 Å². The summed E-state index contributed by atoms with van der Waals surface area (Å²) in [6, 6.07) is 18.6. The zero-order chi connectivity index (χ0) is 25.3. The van der Waals surface area contributed by atoms with E-state index in [1.165, 1.54) is 5.19 Å². The molecule has 0 aliphatic heterocycles. The maximum atomic E-state index is 13.5. The standard InChI is InChI=1S/C29H32N4OSi/c1-20-13-23(7-12-28(20)32-17-21(2)31-19-32)14-26-15-24(16-30)18-33(29(26)34)22(3)25-8-10-27(11-9-25)35(4,5)6/h7-13,15,17-19,22H,14H2,1-6H3/t22-/m0/s1. The van der Waals surface area contributed by atoms with E-state index in [4.69, 9.17) is 0 Å². The summed E-state index contributed by atoms with van der Waals surface area (Å²) in [5.74, 6) is 0. The Bertz CT molecular complexity index is 1470. The fourth-order valence-electron chi connectivity index (χ4n) is 4.45. The first-order valence-electron chi connectivity index (χ1n) is 11.9. The zero-order valence-corrected chi connectivity index (χ0v) is 22.3. The van der Waals surface area contributed by atoms with Crippen molar-refractivity contribution in [3.05, 3.63) is 111 Å². The summed E-state index contributed by atoms with van der Waals surface area (Å²) < 4.78 is 3.71. The van der Waals surface area contributed by atoms with Crippen molar-refractivity contribution in [1.82, 2.24) is 14.1 Å². The number of nitriles is 1. The summed E-state index contributed by atoms with van der Waals surface area (Å²) in [6.45, 7) is 13.0. The Balaban J connectivity index is 1.67. The number of pyridine rings is 1. The molecule has 2 aromatic heterocycles. The van der Waals surface area contributed by atoms with Crippen LogP contribution in [0, 0.1) is 25.2 Å². The molecule has 178 valence electrons. The van der Waals surface area contributed by atoms with Crippen LogP contribution < -0.4 is 10.7 Å². The average molecular weight is 481 g/mol. The average Bonchev–Trinajstić information content (AvgIpc) is 3.25. The third-order valence-electron chi connectivity index (χ3n) is 6.57. The molecule has 0 fully saturated rings. The second kappa shape index (κ2) is 9.51. The van der Waals surface area contributed by atoms with Crippen LogP contribution >= 0.6 is 0 Å². The van der Waals surface area contributed by atoms with Crippen LogP contribution in [-0.2, 0) is 6.42 Å². The van der Waals surface area contributed by atoms with E-state index < -0.39 is 8.07 Å². The van der Waals surface area contributed by atoms with Crippen molar-refractivity contribution in [2.75, 3.05) is 0 Å². The van der Waals surface area contributed by atoms with Gasteiger partial charge >= 0.3 is 0 Å². The molecule has 4 aromatic rings. The fraction of sp³-hybridized carbons (Fsp3) is 0.276. The van der Waals surface area contributed by atoms with Crippen LogP contribution in [0.1, 0.15) is 46.5 Å². The van der Waals surface area contributed by atoms with Gasteiger partial charge in [-0.2, -0.15) is 5.26 Å². The molecule has 0 radical (unpaired) electrons. The van der Waals surface area contributed by atoms with E-state index in [1.807, 2.05) is 37.0 Å². The van der Waals surface area contributed by atoms with Crippen molar-refractivity contribution in [2.24, 2.45) is 0 Å². The van der Waals surface area contributed by atoms with Crippen molar-refractivity contribution in [3.63, 3.8) is 0 Å². The summed E-state index contributed by atoms with van der Waals surface area (Å²) in [5.41, 5.74) is 6.29. The van der Waals surface area contributed by atoms with E-state index in [0.717, 1.165) is 28.1 Å². The van der Waals surface area contributed by atoms with E-state index >= 15 is 0 Å². The Hall–Kier alpha value is -3.69. The lowest BCUT2D eigenvalue weighted by Crippen LogP contribution is -2.37. The molecule has 0 unspecified atom stereocenters. The quantitative estimate of drug-likeness (QED) is 0.353. The highest BCUT2D eigenvalue weighted by Gasteiger charge is 2.18. The second-order valence-corrected chi connectivity index (χ2v) is 15.4. The number of nitrogens with zero attached hydrogens (tertiary/aromatic N) is 4. The van der Waals surface area contributed by atoms with Gasteiger partial charge in [-0.1, -0.05) is 61.2 Å². The summed E-state index contributed by atoms with van der Waals surface area (Å²) in [7, 11) is -1.39. The lowest BCUT2D eigenvalue weighted by Gasteiger charge is -2.20. The summed E-state index contributed by atoms with van der Waals surface area (Å²) in [4.78, 5) is 17.8.